The Morgan fingerprint density at radius 3 is 2.29 bits per heavy atom. The Kier molecular flexibility index (Phi) is 3.38. The van der Waals surface area contributed by atoms with Crippen molar-refractivity contribution in [3.63, 3.8) is 0 Å². The first-order chi connectivity index (χ1) is 10.0. The average Bonchev–Trinajstić information content (AvgIpc) is 2.46. The van der Waals surface area contributed by atoms with Crippen LogP contribution in [-0.4, -0.2) is 5.90 Å². The molecular formula is C19H19NO. The summed E-state index contributed by atoms with van der Waals surface area (Å²) in [6, 6.07) is 18.1. The predicted octanol–water partition coefficient (Wildman–Crippen LogP) is 5.18. The Labute approximate surface area is 125 Å². The van der Waals surface area contributed by atoms with Crippen molar-refractivity contribution in [2.24, 2.45) is 10.4 Å². The number of allylic oxidation sites excluding steroid dienone is 1. The minimum absolute atomic E-state index is 0.0432. The molecular weight excluding hydrogens is 258 g/mol. The zero-order valence-corrected chi connectivity index (χ0v) is 12.6. The second-order valence-electron chi connectivity index (χ2n) is 6.28. The van der Waals surface area contributed by atoms with Gasteiger partial charge in [0, 0.05) is 11.1 Å². The van der Waals surface area contributed by atoms with Crippen LogP contribution >= 0.6 is 0 Å². The highest BCUT2D eigenvalue weighted by molar-refractivity contribution is 6.02. The molecule has 0 spiro atoms. The number of rotatable bonds is 1. The molecule has 2 nitrogen and oxygen atoms in total. The quantitative estimate of drug-likeness (QED) is 0.703. The highest BCUT2D eigenvalue weighted by atomic mass is 16.5. The maximum Gasteiger partial charge on any atom is 0.227 e. The van der Waals surface area contributed by atoms with Gasteiger partial charge in [0.25, 0.3) is 0 Å². The van der Waals surface area contributed by atoms with Gasteiger partial charge in [-0.05, 0) is 35.8 Å². The molecule has 2 aromatic rings. The van der Waals surface area contributed by atoms with Crippen molar-refractivity contribution in [3.05, 3.63) is 71.8 Å². The maximum absolute atomic E-state index is 6.09. The van der Waals surface area contributed by atoms with Crippen molar-refractivity contribution in [1.82, 2.24) is 0 Å². The van der Waals surface area contributed by atoms with Gasteiger partial charge in [0.1, 0.15) is 5.76 Å². The van der Waals surface area contributed by atoms with Gasteiger partial charge in [0.15, 0.2) is 0 Å². The van der Waals surface area contributed by atoms with Crippen LogP contribution < -0.4 is 0 Å². The Morgan fingerprint density at radius 2 is 1.57 bits per heavy atom. The molecule has 2 heteroatoms. The third-order valence-electron chi connectivity index (χ3n) is 3.18. The van der Waals surface area contributed by atoms with Gasteiger partial charge in [0.05, 0.1) is 5.69 Å². The Morgan fingerprint density at radius 1 is 0.905 bits per heavy atom. The fourth-order valence-electron chi connectivity index (χ4n) is 2.28. The van der Waals surface area contributed by atoms with E-state index in [0.717, 1.165) is 22.6 Å². The molecule has 0 bridgehead atoms. The second-order valence-corrected chi connectivity index (χ2v) is 6.28. The molecule has 21 heavy (non-hydrogen) atoms. The van der Waals surface area contributed by atoms with Crippen LogP contribution in [0.15, 0.2) is 65.7 Å². The van der Waals surface area contributed by atoms with Crippen LogP contribution in [-0.2, 0) is 4.74 Å². The van der Waals surface area contributed by atoms with Crippen molar-refractivity contribution in [2.75, 3.05) is 0 Å². The van der Waals surface area contributed by atoms with E-state index in [1.54, 1.807) is 0 Å². The topological polar surface area (TPSA) is 21.6 Å². The first-order valence-corrected chi connectivity index (χ1v) is 7.17. The van der Waals surface area contributed by atoms with Gasteiger partial charge >= 0.3 is 0 Å². The molecule has 1 aliphatic heterocycles. The van der Waals surface area contributed by atoms with E-state index < -0.39 is 0 Å². The monoisotopic (exact) mass is 277 g/mol. The predicted molar refractivity (Wildman–Crippen MR) is 87.6 cm³/mol. The van der Waals surface area contributed by atoms with E-state index in [4.69, 9.17) is 4.74 Å². The maximum atomic E-state index is 6.09. The number of fused-ring (bicyclic) bond motifs is 1. The molecule has 1 aliphatic rings. The smallest absolute Gasteiger partial charge is 0.227 e. The van der Waals surface area contributed by atoms with Gasteiger partial charge < -0.3 is 4.74 Å². The summed E-state index contributed by atoms with van der Waals surface area (Å²) in [5.41, 5.74) is 3.04. The van der Waals surface area contributed by atoms with Crippen LogP contribution in [0.3, 0.4) is 0 Å². The van der Waals surface area contributed by atoms with E-state index in [1.807, 2.05) is 48.5 Å². The summed E-state index contributed by atoms with van der Waals surface area (Å²) in [7, 11) is 0. The Balaban J connectivity index is 2.12. The zero-order chi connectivity index (χ0) is 14.9. The lowest BCUT2D eigenvalue weighted by Crippen LogP contribution is -2.12. The highest BCUT2D eigenvalue weighted by Crippen LogP contribution is 2.35. The van der Waals surface area contributed by atoms with Crippen LogP contribution in [0, 0.1) is 5.41 Å². The lowest BCUT2D eigenvalue weighted by atomic mass is 9.93. The fourth-order valence-corrected chi connectivity index (χ4v) is 2.28. The summed E-state index contributed by atoms with van der Waals surface area (Å²) < 4.78 is 6.09. The summed E-state index contributed by atoms with van der Waals surface area (Å²) >= 11 is 0. The molecule has 3 rings (SSSR count). The van der Waals surface area contributed by atoms with Crippen molar-refractivity contribution >= 4 is 17.3 Å². The Hall–Kier alpha value is -2.35. The van der Waals surface area contributed by atoms with Crippen LogP contribution in [0.1, 0.15) is 31.9 Å². The number of hydrogen-bond acceptors (Lipinski definition) is 2. The van der Waals surface area contributed by atoms with E-state index >= 15 is 0 Å². The fraction of sp³-hybridized carbons (Fsp3) is 0.211. The first-order valence-electron chi connectivity index (χ1n) is 7.17. The molecule has 0 unspecified atom stereocenters. The molecule has 106 valence electrons. The number of ether oxygens (including phenoxy) is 1. The number of nitrogens with zero attached hydrogens (tertiary/aromatic N) is 1. The number of hydrogen-bond donors (Lipinski definition) is 0. The van der Waals surface area contributed by atoms with Crippen LogP contribution in [0.2, 0.25) is 0 Å². The van der Waals surface area contributed by atoms with E-state index in [-0.39, 0.29) is 5.41 Å². The van der Waals surface area contributed by atoms with E-state index in [2.05, 4.69) is 37.9 Å². The van der Waals surface area contributed by atoms with Crippen molar-refractivity contribution < 1.29 is 4.74 Å². The van der Waals surface area contributed by atoms with E-state index in [0.29, 0.717) is 5.90 Å². The van der Waals surface area contributed by atoms with E-state index in [1.165, 1.54) is 0 Å². The molecule has 0 saturated carbocycles. The van der Waals surface area contributed by atoms with Gasteiger partial charge in [-0.3, -0.25) is 0 Å². The van der Waals surface area contributed by atoms with Crippen LogP contribution in [0.4, 0.5) is 5.69 Å². The molecule has 0 aliphatic carbocycles. The molecule has 0 radical (unpaired) electrons. The minimum Gasteiger partial charge on any atom is -0.438 e. The summed E-state index contributed by atoms with van der Waals surface area (Å²) in [4.78, 5) is 4.65. The van der Waals surface area contributed by atoms with Gasteiger partial charge in [-0.2, -0.15) is 0 Å². The normalized spacial score (nSPS) is 16.1. The third kappa shape index (κ3) is 3.05. The lowest BCUT2D eigenvalue weighted by molar-refractivity contribution is 0.475. The van der Waals surface area contributed by atoms with Gasteiger partial charge in [-0.1, -0.05) is 51.1 Å². The summed E-state index contributed by atoms with van der Waals surface area (Å²) in [5, 5.41) is 0. The van der Waals surface area contributed by atoms with Crippen molar-refractivity contribution in [3.8, 4) is 0 Å². The zero-order valence-electron chi connectivity index (χ0n) is 12.6. The number of benzene rings is 2. The van der Waals surface area contributed by atoms with E-state index in [9.17, 15) is 0 Å². The standard InChI is InChI=1S/C19H19NO/c1-19(2,3)13-17-15-11-7-8-12-16(15)20-18(21-17)14-9-5-4-6-10-14/h4-13H,1-3H3/b17-13+. The molecule has 0 saturated heterocycles. The summed E-state index contributed by atoms with van der Waals surface area (Å²) in [6.45, 7) is 6.50. The Bertz CT molecular complexity index is 706. The average molecular weight is 277 g/mol. The van der Waals surface area contributed by atoms with Gasteiger partial charge in [-0.25, -0.2) is 4.99 Å². The second kappa shape index (κ2) is 5.21. The largest absolute Gasteiger partial charge is 0.438 e. The molecule has 0 fully saturated rings. The molecule has 1 heterocycles. The summed E-state index contributed by atoms with van der Waals surface area (Å²) in [5.74, 6) is 1.54. The molecule has 0 atom stereocenters. The highest BCUT2D eigenvalue weighted by Gasteiger charge is 2.21. The third-order valence-corrected chi connectivity index (χ3v) is 3.18. The number of para-hydroxylation sites is 1. The van der Waals surface area contributed by atoms with Crippen LogP contribution in [0.5, 0.6) is 0 Å². The summed E-state index contributed by atoms with van der Waals surface area (Å²) in [6.07, 6.45) is 2.16. The SMILES string of the molecule is CC(C)(C)/C=C1/OC(c2ccccc2)=Nc2ccccc21. The van der Waals surface area contributed by atoms with Gasteiger partial charge in [0.2, 0.25) is 5.90 Å². The number of aliphatic imine (C=N–C) groups is 1. The molecule has 0 N–H and O–H groups in total. The molecule has 0 amide bonds. The minimum atomic E-state index is 0.0432. The lowest BCUT2D eigenvalue weighted by Gasteiger charge is -2.22. The van der Waals surface area contributed by atoms with Crippen molar-refractivity contribution in [1.29, 1.82) is 0 Å². The van der Waals surface area contributed by atoms with Gasteiger partial charge in [-0.15, -0.1) is 0 Å². The first kappa shape index (κ1) is 13.6. The van der Waals surface area contributed by atoms with Crippen molar-refractivity contribution in [2.45, 2.75) is 20.8 Å². The molecule has 2 aromatic carbocycles. The molecule has 0 aromatic heterocycles. The van der Waals surface area contributed by atoms with Crippen LogP contribution in [0.25, 0.3) is 5.76 Å².